The second kappa shape index (κ2) is 7.70. The highest BCUT2D eigenvalue weighted by atomic mass is 35.5. The normalized spacial score (nSPS) is 18.3. The highest BCUT2D eigenvalue weighted by Crippen LogP contribution is 2.43. The first-order chi connectivity index (χ1) is 14.3. The minimum atomic E-state index is -0.798. The van der Waals surface area contributed by atoms with E-state index >= 15 is 0 Å². The fourth-order valence-electron chi connectivity index (χ4n) is 3.42. The van der Waals surface area contributed by atoms with Crippen LogP contribution in [0.1, 0.15) is 33.3 Å². The Kier molecular flexibility index (Phi) is 5.22. The van der Waals surface area contributed by atoms with Gasteiger partial charge in [-0.3, -0.25) is 14.5 Å². The van der Waals surface area contributed by atoms with Crippen molar-refractivity contribution in [3.63, 3.8) is 0 Å². The highest BCUT2D eigenvalue weighted by molar-refractivity contribution is 7.16. The van der Waals surface area contributed by atoms with E-state index in [2.05, 4.69) is 4.98 Å². The Balaban J connectivity index is 1.94. The Labute approximate surface area is 183 Å². The van der Waals surface area contributed by atoms with Crippen LogP contribution in [-0.2, 0) is 9.59 Å². The molecule has 2 aromatic carbocycles. The van der Waals surface area contributed by atoms with Gasteiger partial charge in [-0.1, -0.05) is 53.6 Å². The molecule has 0 aliphatic carbocycles. The van der Waals surface area contributed by atoms with Crippen molar-refractivity contribution in [1.29, 1.82) is 0 Å². The smallest absolute Gasteiger partial charge is 0.301 e. The molecule has 1 saturated heterocycles. The number of thiazole rings is 1. The molecule has 1 unspecified atom stereocenters. The molecule has 0 radical (unpaired) electrons. The van der Waals surface area contributed by atoms with Crippen LogP contribution in [0.5, 0.6) is 0 Å². The SMILES string of the molecule is Cc1ccc(/C(O)=C2\C(=O)C(=O)N(c3nc(C)c(C)s3)C2c2ccc(Cl)cc2)cc1. The number of benzene rings is 2. The molecule has 1 aliphatic heterocycles. The van der Waals surface area contributed by atoms with E-state index in [0.717, 1.165) is 16.1 Å². The Morgan fingerprint density at radius 3 is 2.23 bits per heavy atom. The van der Waals surface area contributed by atoms with Gasteiger partial charge in [-0.25, -0.2) is 4.98 Å². The molecular formula is C23H19ClN2O3S. The van der Waals surface area contributed by atoms with E-state index in [-0.39, 0.29) is 11.3 Å². The number of aliphatic hydroxyl groups is 1. The number of carbonyl (C=O) groups is 2. The average Bonchev–Trinajstić information content (AvgIpc) is 3.18. The zero-order chi connectivity index (χ0) is 21.6. The molecule has 30 heavy (non-hydrogen) atoms. The van der Waals surface area contributed by atoms with Gasteiger partial charge in [0.25, 0.3) is 5.78 Å². The van der Waals surface area contributed by atoms with Crippen molar-refractivity contribution >= 4 is 45.5 Å². The summed E-state index contributed by atoms with van der Waals surface area (Å²) in [5.41, 5.74) is 3.00. The molecule has 0 saturated carbocycles. The van der Waals surface area contributed by atoms with Crippen LogP contribution in [0, 0.1) is 20.8 Å². The summed E-state index contributed by atoms with van der Waals surface area (Å²) in [4.78, 5) is 32.9. The highest BCUT2D eigenvalue weighted by Gasteiger charge is 2.48. The molecule has 1 aromatic heterocycles. The van der Waals surface area contributed by atoms with Crippen molar-refractivity contribution in [2.24, 2.45) is 0 Å². The lowest BCUT2D eigenvalue weighted by Gasteiger charge is -2.23. The van der Waals surface area contributed by atoms with Crippen LogP contribution in [0.4, 0.5) is 5.13 Å². The number of ketones is 1. The molecule has 1 amide bonds. The van der Waals surface area contributed by atoms with E-state index in [1.54, 1.807) is 36.4 Å². The lowest BCUT2D eigenvalue weighted by Crippen LogP contribution is -2.29. The Hall–Kier alpha value is -2.96. The number of hydrogen-bond donors (Lipinski definition) is 1. The third kappa shape index (κ3) is 3.42. The van der Waals surface area contributed by atoms with E-state index in [1.165, 1.54) is 16.2 Å². The number of carbonyl (C=O) groups excluding carboxylic acids is 2. The van der Waals surface area contributed by atoms with E-state index in [4.69, 9.17) is 11.6 Å². The first-order valence-corrected chi connectivity index (χ1v) is 10.5. The minimum Gasteiger partial charge on any atom is -0.507 e. The predicted molar refractivity (Wildman–Crippen MR) is 119 cm³/mol. The van der Waals surface area contributed by atoms with Gasteiger partial charge < -0.3 is 5.11 Å². The summed E-state index contributed by atoms with van der Waals surface area (Å²) in [7, 11) is 0. The van der Waals surface area contributed by atoms with Crippen LogP contribution in [0.25, 0.3) is 5.76 Å². The van der Waals surface area contributed by atoms with E-state index in [9.17, 15) is 14.7 Å². The molecule has 0 bridgehead atoms. The molecule has 3 aromatic rings. The first kappa shape index (κ1) is 20.3. The molecule has 1 aliphatic rings. The van der Waals surface area contributed by atoms with Crippen molar-refractivity contribution < 1.29 is 14.7 Å². The topological polar surface area (TPSA) is 70.5 Å². The molecule has 1 fully saturated rings. The van der Waals surface area contributed by atoms with Crippen molar-refractivity contribution in [2.75, 3.05) is 4.90 Å². The summed E-state index contributed by atoms with van der Waals surface area (Å²) in [6, 6.07) is 13.2. The van der Waals surface area contributed by atoms with Crippen molar-refractivity contribution in [3.8, 4) is 0 Å². The number of Topliss-reactive ketones (excluding diaryl/α,β-unsaturated/α-hetero) is 1. The van der Waals surface area contributed by atoms with Crippen LogP contribution >= 0.6 is 22.9 Å². The summed E-state index contributed by atoms with van der Waals surface area (Å²) in [6.45, 7) is 5.70. The Morgan fingerprint density at radius 2 is 1.67 bits per heavy atom. The quantitative estimate of drug-likeness (QED) is 0.340. The maximum Gasteiger partial charge on any atom is 0.301 e. The number of amides is 1. The van der Waals surface area contributed by atoms with Crippen LogP contribution < -0.4 is 4.90 Å². The number of aromatic nitrogens is 1. The fraction of sp³-hybridized carbons (Fsp3) is 0.174. The summed E-state index contributed by atoms with van der Waals surface area (Å²) >= 11 is 7.39. The number of nitrogens with zero attached hydrogens (tertiary/aromatic N) is 2. The van der Waals surface area contributed by atoms with Crippen LogP contribution in [0.3, 0.4) is 0 Å². The van der Waals surface area contributed by atoms with Crippen LogP contribution in [0.15, 0.2) is 54.1 Å². The molecule has 4 rings (SSSR count). The monoisotopic (exact) mass is 438 g/mol. The molecule has 5 nitrogen and oxygen atoms in total. The summed E-state index contributed by atoms with van der Waals surface area (Å²) in [5.74, 6) is -1.66. The maximum absolute atomic E-state index is 13.1. The van der Waals surface area contributed by atoms with Crippen molar-refractivity contribution in [2.45, 2.75) is 26.8 Å². The largest absolute Gasteiger partial charge is 0.507 e. The zero-order valence-corrected chi connectivity index (χ0v) is 18.2. The molecule has 1 N–H and O–H groups in total. The summed E-state index contributed by atoms with van der Waals surface area (Å²) in [5, 5.41) is 12.0. The number of hydrogen-bond acceptors (Lipinski definition) is 5. The zero-order valence-electron chi connectivity index (χ0n) is 16.6. The second-order valence-electron chi connectivity index (χ2n) is 7.22. The number of aliphatic hydroxyl groups excluding tert-OH is 1. The van der Waals surface area contributed by atoms with Gasteiger partial charge >= 0.3 is 5.91 Å². The number of rotatable bonds is 3. The van der Waals surface area contributed by atoms with Gasteiger partial charge in [0, 0.05) is 15.5 Å². The molecule has 152 valence electrons. The standard InChI is InChI=1S/C23H19ClN2O3S/c1-12-4-6-16(7-5-12)20(27)18-19(15-8-10-17(24)11-9-15)26(22(29)21(18)28)23-25-13(2)14(3)30-23/h4-11,19,27H,1-3H3/b20-18+. The third-order valence-corrected chi connectivity index (χ3v) is 6.50. The van der Waals surface area contributed by atoms with Gasteiger partial charge in [-0.2, -0.15) is 0 Å². The molecule has 1 atom stereocenters. The summed E-state index contributed by atoms with van der Waals surface area (Å²) in [6.07, 6.45) is 0. The van der Waals surface area contributed by atoms with E-state index < -0.39 is 17.7 Å². The molecule has 2 heterocycles. The number of halogens is 1. The molecule has 0 spiro atoms. The lowest BCUT2D eigenvalue weighted by molar-refractivity contribution is -0.132. The van der Waals surface area contributed by atoms with Gasteiger partial charge in [0.05, 0.1) is 17.3 Å². The Morgan fingerprint density at radius 1 is 1.03 bits per heavy atom. The lowest BCUT2D eigenvalue weighted by atomic mass is 9.95. The van der Waals surface area contributed by atoms with E-state index in [0.29, 0.717) is 21.3 Å². The average molecular weight is 439 g/mol. The number of anilines is 1. The van der Waals surface area contributed by atoms with E-state index in [1.807, 2.05) is 32.9 Å². The summed E-state index contributed by atoms with van der Waals surface area (Å²) < 4.78 is 0. The number of aryl methyl sites for hydroxylation is 3. The molecule has 7 heteroatoms. The van der Waals surface area contributed by atoms with Crippen LogP contribution in [-0.4, -0.2) is 21.8 Å². The molecular weight excluding hydrogens is 420 g/mol. The maximum atomic E-state index is 13.1. The fourth-order valence-corrected chi connectivity index (χ4v) is 4.48. The van der Waals surface area contributed by atoms with Gasteiger partial charge in [0.15, 0.2) is 5.13 Å². The minimum absolute atomic E-state index is 0.0386. The second-order valence-corrected chi connectivity index (χ2v) is 8.84. The van der Waals surface area contributed by atoms with Gasteiger partial charge in [0.1, 0.15) is 5.76 Å². The third-order valence-electron chi connectivity index (χ3n) is 5.18. The van der Waals surface area contributed by atoms with Gasteiger partial charge in [-0.05, 0) is 38.5 Å². The predicted octanol–water partition coefficient (Wildman–Crippen LogP) is 5.35. The van der Waals surface area contributed by atoms with Crippen molar-refractivity contribution in [1.82, 2.24) is 4.98 Å². The van der Waals surface area contributed by atoms with Crippen LogP contribution in [0.2, 0.25) is 5.02 Å². The Bertz CT molecular complexity index is 1160. The van der Waals surface area contributed by atoms with Crippen molar-refractivity contribution in [3.05, 3.63) is 86.4 Å². The first-order valence-electron chi connectivity index (χ1n) is 9.35. The van der Waals surface area contributed by atoms with Gasteiger partial charge in [0.2, 0.25) is 0 Å². The van der Waals surface area contributed by atoms with Gasteiger partial charge in [-0.15, -0.1) is 11.3 Å².